The first-order chi connectivity index (χ1) is 8.77. The van der Waals surface area contributed by atoms with Gasteiger partial charge < -0.3 is 0 Å². The molecule has 0 fully saturated rings. The monoisotopic (exact) mass is 260 g/mol. The molecule has 0 saturated carbocycles. The molecule has 0 aliphatic heterocycles. The second-order valence-electron chi connectivity index (χ2n) is 6.21. The van der Waals surface area contributed by atoms with E-state index in [1.807, 2.05) is 12.1 Å². The molecule has 0 amide bonds. The minimum Gasteiger partial charge on any atom is -0.291 e. The smallest absolute Gasteiger partial charge is 0.228 e. The first kappa shape index (κ1) is 15.6. The molecule has 1 aromatic rings. The standard InChI is InChI=1S/C17H24O2/c1-6-7-15(17(3,4)5)13-8-10-14(11-9-13)16(19)12(2)18/h8-11,15H,6-7H2,1-5H3. The Morgan fingerprint density at radius 3 is 2.00 bits per heavy atom. The van der Waals surface area contributed by atoms with Gasteiger partial charge in [-0.05, 0) is 23.3 Å². The molecule has 0 heterocycles. The lowest BCUT2D eigenvalue weighted by Gasteiger charge is -2.31. The van der Waals surface area contributed by atoms with Crippen molar-refractivity contribution >= 4 is 11.6 Å². The van der Waals surface area contributed by atoms with Crippen LogP contribution in [0.25, 0.3) is 0 Å². The Labute approximate surface area is 116 Å². The van der Waals surface area contributed by atoms with Crippen LogP contribution in [0.5, 0.6) is 0 Å². The van der Waals surface area contributed by atoms with Gasteiger partial charge in [0.25, 0.3) is 0 Å². The number of Topliss-reactive ketones (excluding diaryl/α,β-unsaturated/α-hetero) is 2. The number of rotatable bonds is 5. The molecule has 19 heavy (non-hydrogen) atoms. The maximum Gasteiger partial charge on any atom is 0.228 e. The highest BCUT2D eigenvalue weighted by atomic mass is 16.2. The fraction of sp³-hybridized carbons (Fsp3) is 0.529. The van der Waals surface area contributed by atoms with Gasteiger partial charge in [-0.15, -0.1) is 0 Å². The van der Waals surface area contributed by atoms with Crippen LogP contribution in [0.15, 0.2) is 24.3 Å². The number of carbonyl (C=O) groups excluding carboxylic acids is 2. The summed E-state index contributed by atoms with van der Waals surface area (Å²) in [4.78, 5) is 22.7. The van der Waals surface area contributed by atoms with Crippen LogP contribution in [-0.4, -0.2) is 11.6 Å². The van der Waals surface area contributed by atoms with Crippen molar-refractivity contribution in [3.8, 4) is 0 Å². The summed E-state index contributed by atoms with van der Waals surface area (Å²) in [5.74, 6) is -0.345. The highest BCUT2D eigenvalue weighted by Crippen LogP contribution is 2.38. The van der Waals surface area contributed by atoms with Crippen molar-refractivity contribution in [3.05, 3.63) is 35.4 Å². The highest BCUT2D eigenvalue weighted by Gasteiger charge is 2.25. The predicted molar refractivity (Wildman–Crippen MR) is 78.6 cm³/mol. The van der Waals surface area contributed by atoms with Crippen molar-refractivity contribution < 1.29 is 9.59 Å². The molecule has 1 rings (SSSR count). The zero-order chi connectivity index (χ0) is 14.6. The third kappa shape index (κ3) is 4.02. The predicted octanol–water partition coefficient (Wildman–Crippen LogP) is 4.39. The summed E-state index contributed by atoms with van der Waals surface area (Å²) in [6.07, 6.45) is 2.26. The summed E-state index contributed by atoms with van der Waals surface area (Å²) in [5.41, 5.74) is 1.93. The third-order valence-corrected chi connectivity index (χ3v) is 3.52. The summed E-state index contributed by atoms with van der Waals surface area (Å²) < 4.78 is 0. The molecular formula is C17H24O2. The molecule has 0 N–H and O–H groups in total. The van der Waals surface area contributed by atoms with Gasteiger partial charge in [0.2, 0.25) is 5.78 Å². The van der Waals surface area contributed by atoms with Crippen LogP contribution in [-0.2, 0) is 4.79 Å². The van der Waals surface area contributed by atoms with Crippen molar-refractivity contribution in [1.29, 1.82) is 0 Å². The molecule has 0 aromatic heterocycles. The van der Waals surface area contributed by atoms with E-state index in [4.69, 9.17) is 0 Å². The molecule has 1 aromatic carbocycles. The van der Waals surface area contributed by atoms with Crippen LogP contribution < -0.4 is 0 Å². The Morgan fingerprint density at radius 1 is 1.11 bits per heavy atom. The van der Waals surface area contributed by atoms with E-state index in [1.165, 1.54) is 12.5 Å². The SMILES string of the molecule is CCCC(c1ccc(C(=O)C(C)=O)cc1)C(C)(C)C. The average molecular weight is 260 g/mol. The van der Waals surface area contributed by atoms with E-state index < -0.39 is 11.6 Å². The number of ketones is 2. The van der Waals surface area contributed by atoms with E-state index in [1.54, 1.807) is 12.1 Å². The average Bonchev–Trinajstić information content (AvgIpc) is 2.34. The largest absolute Gasteiger partial charge is 0.291 e. The lowest BCUT2D eigenvalue weighted by molar-refractivity contribution is -0.113. The Bertz CT molecular complexity index is 449. The van der Waals surface area contributed by atoms with Crippen molar-refractivity contribution in [3.63, 3.8) is 0 Å². The minimum absolute atomic E-state index is 0.197. The summed E-state index contributed by atoms with van der Waals surface area (Å²) >= 11 is 0. The maximum atomic E-state index is 11.6. The van der Waals surface area contributed by atoms with E-state index >= 15 is 0 Å². The van der Waals surface area contributed by atoms with Gasteiger partial charge in [0.05, 0.1) is 0 Å². The molecule has 0 aliphatic carbocycles. The normalized spacial score (nSPS) is 13.1. The van der Waals surface area contributed by atoms with Crippen molar-refractivity contribution in [2.75, 3.05) is 0 Å². The van der Waals surface area contributed by atoms with Gasteiger partial charge in [-0.25, -0.2) is 0 Å². The number of carbonyl (C=O) groups is 2. The van der Waals surface area contributed by atoms with Crippen molar-refractivity contribution in [2.45, 2.75) is 53.4 Å². The van der Waals surface area contributed by atoms with Crippen LogP contribution in [0.4, 0.5) is 0 Å². The Hall–Kier alpha value is -1.44. The Balaban J connectivity index is 3.02. The highest BCUT2D eigenvalue weighted by molar-refractivity contribution is 6.42. The molecule has 0 radical (unpaired) electrons. The van der Waals surface area contributed by atoms with Crippen LogP contribution in [0.1, 0.15) is 69.3 Å². The molecule has 0 spiro atoms. The van der Waals surface area contributed by atoms with Gasteiger partial charge in [0, 0.05) is 12.5 Å². The summed E-state index contributed by atoms with van der Waals surface area (Å²) in [7, 11) is 0. The van der Waals surface area contributed by atoms with Gasteiger partial charge in [-0.2, -0.15) is 0 Å². The quantitative estimate of drug-likeness (QED) is 0.581. The second-order valence-corrected chi connectivity index (χ2v) is 6.21. The lowest BCUT2D eigenvalue weighted by atomic mass is 9.74. The first-order valence-corrected chi connectivity index (χ1v) is 6.92. The first-order valence-electron chi connectivity index (χ1n) is 6.92. The van der Waals surface area contributed by atoms with E-state index in [0.29, 0.717) is 11.5 Å². The van der Waals surface area contributed by atoms with Gasteiger partial charge >= 0.3 is 0 Å². The van der Waals surface area contributed by atoms with Crippen LogP contribution in [0, 0.1) is 5.41 Å². The molecule has 2 nitrogen and oxygen atoms in total. The number of hydrogen-bond donors (Lipinski definition) is 0. The van der Waals surface area contributed by atoms with E-state index in [-0.39, 0.29) is 5.41 Å². The molecule has 2 heteroatoms. The zero-order valence-corrected chi connectivity index (χ0v) is 12.6. The fourth-order valence-corrected chi connectivity index (χ4v) is 2.46. The zero-order valence-electron chi connectivity index (χ0n) is 12.6. The van der Waals surface area contributed by atoms with Gasteiger partial charge in [0.1, 0.15) is 0 Å². The molecular weight excluding hydrogens is 236 g/mol. The van der Waals surface area contributed by atoms with Crippen LogP contribution in [0.3, 0.4) is 0 Å². The lowest BCUT2D eigenvalue weighted by Crippen LogP contribution is -2.18. The van der Waals surface area contributed by atoms with E-state index in [2.05, 4.69) is 27.7 Å². The third-order valence-electron chi connectivity index (χ3n) is 3.52. The van der Waals surface area contributed by atoms with Gasteiger partial charge in [-0.1, -0.05) is 58.4 Å². The Morgan fingerprint density at radius 2 is 1.63 bits per heavy atom. The Kier molecular flexibility index (Phi) is 5.04. The van der Waals surface area contributed by atoms with Gasteiger partial charge in [-0.3, -0.25) is 9.59 Å². The maximum absolute atomic E-state index is 11.6. The van der Waals surface area contributed by atoms with Gasteiger partial charge in [0.15, 0.2) is 5.78 Å². The molecule has 0 saturated heterocycles. The summed E-state index contributed by atoms with van der Waals surface area (Å²) in [6, 6.07) is 7.52. The summed E-state index contributed by atoms with van der Waals surface area (Å²) in [5, 5.41) is 0. The van der Waals surface area contributed by atoms with Crippen molar-refractivity contribution in [1.82, 2.24) is 0 Å². The molecule has 1 atom stereocenters. The van der Waals surface area contributed by atoms with Crippen LogP contribution >= 0.6 is 0 Å². The van der Waals surface area contributed by atoms with E-state index in [9.17, 15) is 9.59 Å². The van der Waals surface area contributed by atoms with Crippen LogP contribution in [0.2, 0.25) is 0 Å². The molecule has 1 unspecified atom stereocenters. The molecule has 0 aliphatic rings. The van der Waals surface area contributed by atoms with Crippen molar-refractivity contribution in [2.24, 2.45) is 5.41 Å². The molecule has 0 bridgehead atoms. The number of benzene rings is 1. The fourth-order valence-electron chi connectivity index (χ4n) is 2.46. The topological polar surface area (TPSA) is 34.1 Å². The minimum atomic E-state index is -0.409. The molecule has 104 valence electrons. The summed E-state index contributed by atoms with van der Waals surface area (Å²) in [6.45, 7) is 10.2. The number of hydrogen-bond acceptors (Lipinski definition) is 2. The van der Waals surface area contributed by atoms with E-state index in [0.717, 1.165) is 12.8 Å². The second kappa shape index (κ2) is 6.14.